The van der Waals surface area contributed by atoms with Crippen molar-refractivity contribution in [1.82, 2.24) is 5.32 Å². The lowest BCUT2D eigenvalue weighted by Gasteiger charge is -2.22. The summed E-state index contributed by atoms with van der Waals surface area (Å²) in [6, 6.07) is 14.5. The summed E-state index contributed by atoms with van der Waals surface area (Å²) in [6.45, 7) is 1.97. The second-order valence-electron chi connectivity index (χ2n) is 6.83. The monoisotopic (exact) mass is 351 g/mol. The van der Waals surface area contributed by atoms with Crippen LogP contribution in [0.3, 0.4) is 0 Å². The van der Waals surface area contributed by atoms with Crippen molar-refractivity contribution in [3.05, 3.63) is 59.7 Å². The van der Waals surface area contributed by atoms with E-state index in [-0.39, 0.29) is 18.0 Å². The topological polar surface area (TPSA) is 70.2 Å². The molecule has 1 saturated carbocycles. The van der Waals surface area contributed by atoms with E-state index in [0.29, 0.717) is 11.3 Å². The van der Waals surface area contributed by atoms with Gasteiger partial charge in [-0.25, -0.2) is 4.79 Å². The highest BCUT2D eigenvalue weighted by molar-refractivity contribution is 6.00. The van der Waals surface area contributed by atoms with E-state index in [1.54, 1.807) is 24.3 Å². The second kappa shape index (κ2) is 8.52. The van der Waals surface area contributed by atoms with Gasteiger partial charge in [-0.2, -0.15) is 0 Å². The maximum atomic E-state index is 12.3. The molecule has 2 aromatic rings. The van der Waals surface area contributed by atoms with E-state index in [0.717, 1.165) is 24.1 Å². The molecule has 0 aromatic heterocycles. The maximum absolute atomic E-state index is 12.3. The Morgan fingerprint density at radius 3 is 2.27 bits per heavy atom. The van der Waals surface area contributed by atoms with Crippen molar-refractivity contribution in [3.8, 4) is 0 Å². The molecule has 1 aliphatic carbocycles. The van der Waals surface area contributed by atoms with Crippen molar-refractivity contribution < 1.29 is 9.59 Å². The van der Waals surface area contributed by atoms with E-state index in [1.165, 1.54) is 19.3 Å². The third kappa shape index (κ3) is 5.09. The number of hydrogen-bond acceptors (Lipinski definition) is 2. The number of urea groups is 1. The second-order valence-corrected chi connectivity index (χ2v) is 6.83. The molecule has 136 valence electrons. The molecule has 0 bridgehead atoms. The van der Waals surface area contributed by atoms with Crippen molar-refractivity contribution in [2.75, 3.05) is 10.6 Å². The Morgan fingerprint density at radius 2 is 1.58 bits per heavy atom. The molecule has 3 rings (SSSR count). The van der Waals surface area contributed by atoms with Crippen LogP contribution < -0.4 is 16.0 Å². The lowest BCUT2D eigenvalue weighted by Crippen LogP contribution is -2.36. The first-order valence-electron chi connectivity index (χ1n) is 9.16. The van der Waals surface area contributed by atoms with Gasteiger partial charge in [0.2, 0.25) is 0 Å². The van der Waals surface area contributed by atoms with Crippen LogP contribution in [0.5, 0.6) is 0 Å². The van der Waals surface area contributed by atoms with Crippen molar-refractivity contribution >= 4 is 23.3 Å². The zero-order valence-corrected chi connectivity index (χ0v) is 15.0. The molecule has 0 saturated heterocycles. The lowest BCUT2D eigenvalue weighted by molar-refractivity contribution is 0.0927. The molecule has 1 fully saturated rings. The minimum absolute atomic E-state index is 0.0485. The number of benzene rings is 2. The van der Waals surface area contributed by atoms with Gasteiger partial charge in [-0.3, -0.25) is 4.79 Å². The molecule has 5 heteroatoms. The minimum atomic E-state index is -0.310. The lowest BCUT2D eigenvalue weighted by atomic mass is 9.95. The highest BCUT2D eigenvalue weighted by Gasteiger charge is 2.16. The molecule has 2 aromatic carbocycles. The number of carbonyl (C=O) groups is 2. The number of aryl methyl sites for hydroxylation is 1. The van der Waals surface area contributed by atoms with E-state index in [9.17, 15) is 9.59 Å². The summed E-state index contributed by atoms with van der Waals surface area (Å²) in [7, 11) is 0. The molecule has 0 unspecified atom stereocenters. The maximum Gasteiger partial charge on any atom is 0.323 e. The average Bonchev–Trinajstić information content (AvgIpc) is 2.63. The molecule has 0 aliphatic heterocycles. The average molecular weight is 351 g/mol. The highest BCUT2D eigenvalue weighted by Crippen LogP contribution is 2.18. The highest BCUT2D eigenvalue weighted by atomic mass is 16.2. The van der Waals surface area contributed by atoms with Gasteiger partial charge in [0.05, 0.1) is 0 Å². The van der Waals surface area contributed by atoms with E-state index in [1.807, 2.05) is 31.2 Å². The summed E-state index contributed by atoms with van der Waals surface area (Å²) in [5.74, 6) is -0.0485. The van der Waals surface area contributed by atoms with Gasteiger partial charge < -0.3 is 16.0 Å². The van der Waals surface area contributed by atoms with Crippen molar-refractivity contribution in [2.45, 2.75) is 45.1 Å². The number of carbonyl (C=O) groups excluding carboxylic acids is 2. The Bertz CT molecular complexity index is 765. The van der Waals surface area contributed by atoms with Crippen LogP contribution in [-0.4, -0.2) is 18.0 Å². The van der Waals surface area contributed by atoms with Crippen LogP contribution in [0.15, 0.2) is 48.5 Å². The van der Waals surface area contributed by atoms with Gasteiger partial charge in [-0.1, -0.05) is 31.4 Å². The van der Waals surface area contributed by atoms with Gasteiger partial charge in [-0.05, 0) is 61.7 Å². The molecular formula is C21H25N3O2. The first kappa shape index (κ1) is 18.0. The number of anilines is 2. The van der Waals surface area contributed by atoms with Crippen LogP contribution in [0.1, 0.15) is 48.0 Å². The summed E-state index contributed by atoms with van der Waals surface area (Å²) < 4.78 is 0. The Kier molecular flexibility index (Phi) is 5.89. The van der Waals surface area contributed by atoms with Crippen LogP contribution in [0.2, 0.25) is 0 Å². The normalized spacial score (nSPS) is 14.5. The SMILES string of the molecule is Cc1cccc(NC(=O)Nc2ccc(C(=O)NC3CCCCC3)cc2)c1. The molecule has 26 heavy (non-hydrogen) atoms. The predicted octanol–water partition coefficient (Wildman–Crippen LogP) is 4.70. The van der Waals surface area contributed by atoms with Crippen molar-refractivity contribution in [3.63, 3.8) is 0 Å². The summed E-state index contributed by atoms with van der Waals surface area (Å²) >= 11 is 0. The first-order chi connectivity index (χ1) is 12.6. The fourth-order valence-electron chi connectivity index (χ4n) is 3.24. The molecule has 0 spiro atoms. The number of rotatable bonds is 4. The third-order valence-electron chi connectivity index (χ3n) is 4.62. The number of amides is 3. The van der Waals surface area contributed by atoms with Crippen LogP contribution in [0.25, 0.3) is 0 Å². The minimum Gasteiger partial charge on any atom is -0.349 e. The third-order valence-corrected chi connectivity index (χ3v) is 4.62. The molecule has 0 atom stereocenters. The predicted molar refractivity (Wildman–Crippen MR) is 105 cm³/mol. The van der Waals surface area contributed by atoms with Crippen molar-refractivity contribution in [1.29, 1.82) is 0 Å². The van der Waals surface area contributed by atoms with Crippen LogP contribution in [-0.2, 0) is 0 Å². The number of hydrogen-bond donors (Lipinski definition) is 3. The van der Waals surface area contributed by atoms with Gasteiger partial charge in [0.25, 0.3) is 5.91 Å². The summed E-state index contributed by atoms with van der Waals surface area (Å²) in [5, 5.41) is 8.66. The van der Waals surface area contributed by atoms with E-state index < -0.39 is 0 Å². The molecule has 0 radical (unpaired) electrons. The molecule has 1 aliphatic rings. The molecule has 3 N–H and O–H groups in total. The Morgan fingerprint density at radius 1 is 0.885 bits per heavy atom. The zero-order valence-electron chi connectivity index (χ0n) is 15.0. The molecule has 5 nitrogen and oxygen atoms in total. The summed E-state index contributed by atoms with van der Waals surface area (Å²) in [6.07, 6.45) is 5.75. The summed E-state index contributed by atoms with van der Waals surface area (Å²) in [4.78, 5) is 24.4. The molecule has 0 heterocycles. The standard InChI is InChI=1S/C21H25N3O2/c1-15-6-5-9-19(14-15)24-21(26)23-18-12-10-16(11-13-18)20(25)22-17-7-3-2-4-8-17/h5-6,9-14,17H,2-4,7-8H2,1H3,(H,22,25)(H2,23,24,26). The molecular weight excluding hydrogens is 326 g/mol. The van der Waals surface area contributed by atoms with E-state index >= 15 is 0 Å². The largest absolute Gasteiger partial charge is 0.349 e. The van der Waals surface area contributed by atoms with Gasteiger partial charge in [0.1, 0.15) is 0 Å². The fourth-order valence-corrected chi connectivity index (χ4v) is 3.24. The van der Waals surface area contributed by atoms with Crippen LogP contribution in [0.4, 0.5) is 16.2 Å². The van der Waals surface area contributed by atoms with Crippen molar-refractivity contribution in [2.24, 2.45) is 0 Å². The van der Waals surface area contributed by atoms with Gasteiger partial charge >= 0.3 is 6.03 Å². The van der Waals surface area contributed by atoms with E-state index in [4.69, 9.17) is 0 Å². The van der Waals surface area contributed by atoms with E-state index in [2.05, 4.69) is 16.0 Å². The van der Waals surface area contributed by atoms with Gasteiger partial charge in [0, 0.05) is 23.0 Å². The zero-order chi connectivity index (χ0) is 18.4. The Hall–Kier alpha value is -2.82. The van der Waals surface area contributed by atoms with Gasteiger partial charge in [-0.15, -0.1) is 0 Å². The van der Waals surface area contributed by atoms with Crippen LogP contribution >= 0.6 is 0 Å². The molecule has 3 amide bonds. The first-order valence-corrected chi connectivity index (χ1v) is 9.16. The Balaban J connectivity index is 1.53. The quantitative estimate of drug-likeness (QED) is 0.747. The number of nitrogens with one attached hydrogen (secondary N) is 3. The summed E-state index contributed by atoms with van der Waals surface area (Å²) in [5.41, 5.74) is 3.08. The van der Waals surface area contributed by atoms with Gasteiger partial charge in [0.15, 0.2) is 0 Å². The Labute approximate surface area is 154 Å². The smallest absolute Gasteiger partial charge is 0.323 e. The fraction of sp³-hybridized carbons (Fsp3) is 0.333. The van der Waals surface area contributed by atoms with Crippen LogP contribution in [0, 0.1) is 6.92 Å².